The van der Waals surface area contributed by atoms with Crippen LogP contribution in [0.5, 0.6) is 0 Å². The molecule has 0 fully saturated rings. The van der Waals surface area contributed by atoms with Crippen molar-refractivity contribution in [3.8, 4) is 0 Å². The van der Waals surface area contributed by atoms with Gasteiger partial charge in [0.2, 0.25) is 5.56 Å². The van der Waals surface area contributed by atoms with E-state index < -0.39 is 18.8 Å². The van der Waals surface area contributed by atoms with E-state index in [1.54, 1.807) is 24.4 Å². The van der Waals surface area contributed by atoms with E-state index in [2.05, 4.69) is 4.98 Å². The molecule has 0 aliphatic heterocycles. The maximum Gasteiger partial charge on any atom is 0.248 e. The van der Waals surface area contributed by atoms with E-state index in [1.165, 1.54) is 6.07 Å². The highest BCUT2D eigenvalue weighted by Crippen LogP contribution is 2.21. The molecule has 90 valence electrons. The van der Waals surface area contributed by atoms with Crippen LogP contribution in [0.1, 0.15) is 11.7 Å². The fourth-order valence-corrected chi connectivity index (χ4v) is 1.69. The Morgan fingerprint density at radius 3 is 2.65 bits per heavy atom. The average Bonchev–Trinajstić information content (AvgIpc) is 2.36. The zero-order valence-electron chi connectivity index (χ0n) is 9.00. The number of benzene rings is 1. The third-order valence-corrected chi connectivity index (χ3v) is 2.66. The van der Waals surface area contributed by atoms with Crippen molar-refractivity contribution in [2.75, 3.05) is 6.61 Å². The molecule has 2 aromatic rings. The van der Waals surface area contributed by atoms with Crippen molar-refractivity contribution in [1.82, 2.24) is 4.98 Å². The van der Waals surface area contributed by atoms with Crippen LogP contribution in [0, 0.1) is 0 Å². The molecule has 0 aliphatic carbocycles. The van der Waals surface area contributed by atoms with Gasteiger partial charge in [0.1, 0.15) is 12.2 Å². The number of aliphatic hydroxyl groups is 3. The number of rotatable bonds is 3. The monoisotopic (exact) mass is 235 g/mol. The summed E-state index contributed by atoms with van der Waals surface area (Å²) in [5.74, 6) is 0. The standard InChI is InChI=1S/C12H13NO4/c14-6-10(15)12(17)7-1-2-8-5-13-11(16)4-9(8)3-7/h1-5,10,12,14-15,17H,6H2,(H,13,16). The number of hydrogen-bond donors (Lipinski definition) is 4. The maximum absolute atomic E-state index is 11.1. The van der Waals surface area contributed by atoms with Gasteiger partial charge in [0, 0.05) is 12.3 Å². The largest absolute Gasteiger partial charge is 0.394 e. The Balaban J connectivity index is 2.46. The zero-order valence-corrected chi connectivity index (χ0v) is 9.00. The van der Waals surface area contributed by atoms with Gasteiger partial charge in [-0.15, -0.1) is 0 Å². The molecule has 0 bridgehead atoms. The minimum Gasteiger partial charge on any atom is -0.394 e. The summed E-state index contributed by atoms with van der Waals surface area (Å²) >= 11 is 0. The van der Waals surface area contributed by atoms with Crippen LogP contribution in [0.4, 0.5) is 0 Å². The van der Waals surface area contributed by atoms with Crippen molar-refractivity contribution in [2.45, 2.75) is 12.2 Å². The van der Waals surface area contributed by atoms with Crippen molar-refractivity contribution >= 4 is 10.8 Å². The molecule has 0 saturated carbocycles. The molecule has 5 nitrogen and oxygen atoms in total. The van der Waals surface area contributed by atoms with Gasteiger partial charge in [-0.1, -0.05) is 12.1 Å². The van der Waals surface area contributed by atoms with Gasteiger partial charge in [0.05, 0.1) is 6.61 Å². The Morgan fingerprint density at radius 1 is 1.18 bits per heavy atom. The van der Waals surface area contributed by atoms with E-state index in [9.17, 15) is 15.0 Å². The van der Waals surface area contributed by atoms with E-state index in [1.807, 2.05) is 0 Å². The number of nitrogens with one attached hydrogen (secondary N) is 1. The highest BCUT2D eigenvalue weighted by molar-refractivity contribution is 5.82. The number of aromatic amines is 1. The quantitative estimate of drug-likeness (QED) is 0.598. The lowest BCUT2D eigenvalue weighted by molar-refractivity contribution is -0.0152. The normalized spacial score (nSPS) is 14.8. The first-order valence-electron chi connectivity index (χ1n) is 5.21. The Bertz CT molecular complexity index is 578. The molecule has 2 atom stereocenters. The van der Waals surface area contributed by atoms with Gasteiger partial charge < -0.3 is 20.3 Å². The highest BCUT2D eigenvalue weighted by Gasteiger charge is 2.17. The first kappa shape index (κ1) is 11.8. The van der Waals surface area contributed by atoms with Gasteiger partial charge in [-0.2, -0.15) is 0 Å². The van der Waals surface area contributed by atoms with Crippen LogP contribution in [0.15, 0.2) is 35.3 Å². The van der Waals surface area contributed by atoms with Crippen molar-refractivity contribution in [1.29, 1.82) is 0 Å². The lowest BCUT2D eigenvalue weighted by Crippen LogP contribution is -2.22. The Morgan fingerprint density at radius 2 is 1.94 bits per heavy atom. The second-order valence-electron chi connectivity index (χ2n) is 3.88. The van der Waals surface area contributed by atoms with E-state index in [4.69, 9.17) is 5.11 Å². The fourth-order valence-electron chi connectivity index (χ4n) is 1.69. The summed E-state index contributed by atoms with van der Waals surface area (Å²) in [5, 5.41) is 29.3. The van der Waals surface area contributed by atoms with Crippen molar-refractivity contribution in [3.05, 3.63) is 46.4 Å². The minimum absolute atomic E-state index is 0.230. The highest BCUT2D eigenvalue weighted by atomic mass is 16.4. The van der Waals surface area contributed by atoms with Gasteiger partial charge >= 0.3 is 0 Å². The molecule has 2 unspecified atom stereocenters. The first-order chi connectivity index (χ1) is 8.11. The summed E-state index contributed by atoms with van der Waals surface area (Å²) in [6, 6.07) is 6.41. The Hall–Kier alpha value is -1.69. The summed E-state index contributed by atoms with van der Waals surface area (Å²) in [6.45, 7) is -0.519. The molecule has 0 saturated heterocycles. The van der Waals surface area contributed by atoms with Gasteiger partial charge in [-0.05, 0) is 22.4 Å². The number of aromatic nitrogens is 1. The number of aliphatic hydroxyl groups excluding tert-OH is 3. The molecular weight excluding hydrogens is 222 g/mol. The number of H-pyrrole nitrogens is 1. The molecule has 2 rings (SSSR count). The van der Waals surface area contributed by atoms with E-state index in [-0.39, 0.29) is 5.56 Å². The molecule has 1 aromatic heterocycles. The van der Waals surface area contributed by atoms with Crippen LogP contribution in [0.3, 0.4) is 0 Å². The van der Waals surface area contributed by atoms with Crippen molar-refractivity contribution < 1.29 is 15.3 Å². The van der Waals surface area contributed by atoms with Crippen LogP contribution in [-0.4, -0.2) is 33.0 Å². The third kappa shape index (κ3) is 2.36. The number of hydrogen-bond acceptors (Lipinski definition) is 4. The van der Waals surface area contributed by atoms with E-state index in [0.717, 1.165) is 5.39 Å². The molecule has 0 radical (unpaired) electrons. The maximum atomic E-state index is 11.1. The lowest BCUT2D eigenvalue weighted by atomic mass is 10.0. The molecule has 17 heavy (non-hydrogen) atoms. The molecular formula is C12H13NO4. The fraction of sp³-hybridized carbons (Fsp3) is 0.250. The number of fused-ring (bicyclic) bond motifs is 1. The van der Waals surface area contributed by atoms with E-state index in [0.29, 0.717) is 10.9 Å². The second kappa shape index (κ2) is 4.67. The third-order valence-electron chi connectivity index (χ3n) is 2.66. The van der Waals surface area contributed by atoms with Crippen LogP contribution < -0.4 is 5.56 Å². The SMILES string of the molecule is O=c1cc2cc(C(O)C(O)CO)ccc2c[nH]1. The summed E-state index contributed by atoms with van der Waals surface area (Å²) in [4.78, 5) is 13.7. The Kier molecular flexibility index (Phi) is 3.23. The van der Waals surface area contributed by atoms with Gasteiger partial charge in [-0.25, -0.2) is 0 Å². The predicted octanol–water partition coefficient (Wildman–Crippen LogP) is -0.0853. The zero-order chi connectivity index (χ0) is 12.4. The molecule has 0 spiro atoms. The van der Waals surface area contributed by atoms with Crippen molar-refractivity contribution in [3.63, 3.8) is 0 Å². The summed E-state index contributed by atoms with van der Waals surface area (Å²) in [6.07, 6.45) is -0.811. The van der Waals surface area contributed by atoms with Gasteiger partial charge in [0.15, 0.2) is 0 Å². The van der Waals surface area contributed by atoms with E-state index >= 15 is 0 Å². The lowest BCUT2D eigenvalue weighted by Gasteiger charge is -2.16. The van der Waals surface area contributed by atoms with Gasteiger partial charge in [0.25, 0.3) is 0 Å². The average molecular weight is 235 g/mol. The second-order valence-corrected chi connectivity index (χ2v) is 3.88. The topological polar surface area (TPSA) is 93.6 Å². The van der Waals surface area contributed by atoms with Crippen LogP contribution in [0.2, 0.25) is 0 Å². The van der Waals surface area contributed by atoms with Gasteiger partial charge in [-0.3, -0.25) is 4.79 Å². The molecule has 4 N–H and O–H groups in total. The smallest absolute Gasteiger partial charge is 0.248 e. The minimum atomic E-state index is -1.23. The summed E-state index contributed by atoms with van der Waals surface area (Å²) in [7, 11) is 0. The summed E-state index contributed by atoms with van der Waals surface area (Å²) in [5.41, 5.74) is 0.233. The summed E-state index contributed by atoms with van der Waals surface area (Å²) < 4.78 is 0. The molecule has 1 heterocycles. The molecule has 1 aromatic carbocycles. The molecule has 0 amide bonds. The first-order valence-corrected chi connectivity index (χ1v) is 5.21. The van der Waals surface area contributed by atoms with Crippen LogP contribution in [0.25, 0.3) is 10.8 Å². The predicted molar refractivity (Wildman–Crippen MR) is 62.6 cm³/mol. The van der Waals surface area contributed by atoms with Crippen molar-refractivity contribution in [2.24, 2.45) is 0 Å². The van der Waals surface area contributed by atoms with Crippen LogP contribution in [-0.2, 0) is 0 Å². The Labute approximate surface area is 97.0 Å². The molecule has 0 aliphatic rings. The molecule has 5 heteroatoms. The van der Waals surface area contributed by atoms with Crippen LogP contribution >= 0.6 is 0 Å². The number of pyridine rings is 1.